The summed E-state index contributed by atoms with van der Waals surface area (Å²) in [6.07, 6.45) is 0. The maximum Gasteiger partial charge on any atom is 0.290 e. The molecule has 1 heterocycles. The van der Waals surface area contributed by atoms with Crippen molar-refractivity contribution < 1.29 is 14.1 Å². The second-order valence-corrected chi connectivity index (χ2v) is 4.91. The molecule has 0 saturated heterocycles. The van der Waals surface area contributed by atoms with Crippen LogP contribution in [0.15, 0.2) is 34.9 Å². The number of benzene rings is 1. The number of rotatable bonds is 4. The Morgan fingerprint density at radius 1 is 1.24 bits per heavy atom. The van der Waals surface area contributed by atoms with Gasteiger partial charge in [-0.05, 0) is 6.92 Å². The van der Waals surface area contributed by atoms with Gasteiger partial charge in [-0.3, -0.25) is 9.59 Å². The molecule has 2 amide bonds. The topological polar surface area (TPSA) is 75.4 Å². The quantitative estimate of drug-likeness (QED) is 0.924. The van der Waals surface area contributed by atoms with Crippen molar-refractivity contribution in [3.63, 3.8) is 0 Å². The molecular formula is C15H17N3O3. The maximum atomic E-state index is 11.9. The van der Waals surface area contributed by atoms with Gasteiger partial charge in [-0.25, -0.2) is 0 Å². The van der Waals surface area contributed by atoms with Crippen molar-refractivity contribution in [2.45, 2.75) is 6.92 Å². The van der Waals surface area contributed by atoms with Gasteiger partial charge in [0.1, 0.15) is 5.69 Å². The second kappa shape index (κ2) is 6.21. The molecule has 6 nitrogen and oxygen atoms in total. The third-order valence-corrected chi connectivity index (χ3v) is 2.98. The van der Waals surface area contributed by atoms with Crippen LogP contribution < -0.4 is 5.32 Å². The van der Waals surface area contributed by atoms with E-state index in [0.29, 0.717) is 5.69 Å². The molecule has 0 bridgehead atoms. The minimum Gasteiger partial charge on any atom is -0.350 e. The molecule has 0 atom stereocenters. The fourth-order valence-electron chi connectivity index (χ4n) is 1.64. The van der Waals surface area contributed by atoms with Gasteiger partial charge in [0.15, 0.2) is 0 Å². The Bertz CT molecular complexity index is 644. The van der Waals surface area contributed by atoms with E-state index in [1.807, 2.05) is 31.2 Å². The lowest BCUT2D eigenvalue weighted by Gasteiger charge is -2.09. The highest BCUT2D eigenvalue weighted by Crippen LogP contribution is 2.19. The van der Waals surface area contributed by atoms with E-state index in [0.717, 1.165) is 11.1 Å². The molecule has 0 radical (unpaired) electrons. The fraction of sp³-hybridized carbons (Fsp3) is 0.267. The molecule has 1 aromatic heterocycles. The Hall–Kier alpha value is -2.63. The van der Waals surface area contributed by atoms with E-state index >= 15 is 0 Å². The number of aromatic nitrogens is 1. The molecule has 110 valence electrons. The number of hydrogen-bond donors (Lipinski definition) is 1. The molecule has 0 aliphatic rings. The Kier molecular flexibility index (Phi) is 4.37. The predicted octanol–water partition coefficient (Wildman–Crippen LogP) is 1.47. The van der Waals surface area contributed by atoms with Crippen molar-refractivity contribution >= 4 is 11.8 Å². The number of carbonyl (C=O) groups excluding carboxylic acids is 2. The number of aryl methyl sites for hydroxylation is 1. The van der Waals surface area contributed by atoms with E-state index in [4.69, 9.17) is 4.52 Å². The zero-order chi connectivity index (χ0) is 15.4. The molecule has 0 saturated carbocycles. The van der Waals surface area contributed by atoms with Crippen molar-refractivity contribution in [2.24, 2.45) is 0 Å². The van der Waals surface area contributed by atoms with Crippen molar-refractivity contribution in [1.29, 1.82) is 0 Å². The Labute approximate surface area is 122 Å². The van der Waals surface area contributed by atoms with Gasteiger partial charge in [0.2, 0.25) is 11.7 Å². The van der Waals surface area contributed by atoms with Crippen LogP contribution in [0, 0.1) is 6.92 Å². The number of amides is 2. The van der Waals surface area contributed by atoms with E-state index in [1.165, 1.54) is 4.90 Å². The monoisotopic (exact) mass is 287 g/mol. The molecule has 1 N–H and O–H groups in total. The summed E-state index contributed by atoms with van der Waals surface area (Å²) in [5.74, 6) is -0.574. The van der Waals surface area contributed by atoms with Crippen LogP contribution >= 0.6 is 0 Å². The Morgan fingerprint density at radius 3 is 2.52 bits per heavy atom. The molecule has 0 aliphatic carbocycles. The molecule has 6 heteroatoms. The van der Waals surface area contributed by atoms with Gasteiger partial charge in [-0.15, -0.1) is 0 Å². The summed E-state index contributed by atoms with van der Waals surface area (Å²) in [7, 11) is 3.25. The lowest BCUT2D eigenvalue weighted by atomic mass is 10.1. The molecule has 21 heavy (non-hydrogen) atoms. The third kappa shape index (κ3) is 3.68. The van der Waals surface area contributed by atoms with Crippen LogP contribution in [0.1, 0.15) is 16.1 Å². The normalized spacial score (nSPS) is 10.2. The first-order chi connectivity index (χ1) is 9.97. The number of hydrogen-bond acceptors (Lipinski definition) is 4. The SMILES string of the molecule is Cc1ccc(-c2cc(C(=O)NCC(=O)N(C)C)on2)cc1. The Balaban J connectivity index is 2.04. The summed E-state index contributed by atoms with van der Waals surface area (Å²) in [4.78, 5) is 24.7. The lowest BCUT2D eigenvalue weighted by molar-refractivity contribution is -0.127. The molecule has 0 fully saturated rings. The summed E-state index contributed by atoms with van der Waals surface area (Å²) in [6, 6.07) is 9.29. The van der Waals surface area contributed by atoms with Crippen molar-refractivity contribution in [3.05, 3.63) is 41.7 Å². The van der Waals surface area contributed by atoms with Gasteiger partial charge in [0.05, 0.1) is 6.54 Å². The second-order valence-electron chi connectivity index (χ2n) is 4.91. The number of nitrogens with one attached hydrogen (secondary N) is 1. The molecule has 0 spiro atoms. The van der Waals surface area contributed by atoms with E-state index in [1.54, 1.807) is 20.2 Å². The molecular weight excluding hydrogens is 270 g/mol. The lowest BCUT2D eigenvalue weighted by Crippen LogP contribution is -2.36. The molecule has 2 aromatic rings. The summed E-state index contributed by atoms with van der Waals surface area (Å²) < 4.78 is 5.02. The minimum absolute atomic E-state index is 0.0770. The van der Waals surface area contributed by atoms with Crippen LogP contribution in [0.3, 0.4) is 0 Å². The maximum absolute atomic E-state index is 11.9. The van der Waals surface area contributed by atoms with E-state index in [9.17, 15) is 9.59 Å². The van der Waals surface area contributed by atoms with Gasteiger partial charge in [-0.1, -0.05) is 35.0 Å². The first-order valence-corrected chi connectivity index (χ1v) is 6.49. The highest BCUT2D eigenvalue weighted by molar-refractivity contribution is 5.94. The highest BCUT2D eigenvalue weighted by Gasteiger charge is 2.15. The average molecular weight is 287 g/mol. The molecule has 1 aromatic carbocycles. The first-order valence-electron chi connectivity index (χ1n) is 6.49. The summed E-state index contributed by atoms with van der Waals surface area (Å²) in [6.45, 7) is 1.92. The highest BCUT2D eigenvalue weighted by atomic mass is 16.5. The van der Waals surface area contributed by atoms with Crippen LogP contribution in [-0.4, -0.2) is 42.5 Å². The van der Waals surface area contributed by atoms with Gasteiger partial charge < -0.3 is 14.7 Å². The van der Waals surface area contributed by atoms with Crippen molar-refractivity contribution in [2.75, 3.05) is 20.6 Å². The minimum atomic E-state index is -0.462. The number of carbonyl (C=O) groups is 2. The zero-order valence-corrected chi connectivity index (χ0v) is 12.2. The van der Waals surface area contributed by atoms with Crippen LogP contribution in [0.4, 0.5) is 0 Å². The van der Waals surface area contributed by atoms with Gasteiger partial charge in [0, 0.05) is 25.7 Å². The van der Waals surface area contributed by atoms with Crippen LogP contribution in [-0.2, 0) is 4.79 Å². The number of nitrogens with zero attached hydrogens (tertiary/aromatic N) is 2. The van der Waals surface area contributed by atoms with Crippen molar-refractivity contribution in [3.8, 4) is 11.3 Å². The summed E-state index contributed by atoms with van der Waals surface area (Å²) >= 11 is 0. The van der Waals surface area contributed by atoms with E-state index in [2.05, 4.69) is 10.5 Å². The van der Waals surface area contributed by atoms with E-state index < -0.39 is 5.91 Å². The predicted molar refractivity (Wildman–Crippen MR) is 77.7 cm³/mol. The van der Waals surface area contributed by atoms with Gasteiger partial charge in [0.25, 0.3) is 5.91 Å². The fourth-order valence-corrected chi connectivity index (χ4v) is 1.64. The number of likely N-dealkylation sites (N-methyl/N-ethyl adjacent to an activating group) is 1. The average Bonchev–Trinajstić information content (AvgIpc) is 2.94. The van der Waals surface area contributed by atoms with Crippen LogP contribution in [0.2, 0.25) is 0 Å². The van der Waals surface area contributed by atoms with Crippen LogP contribution in [0.5, 0.6) is 0 Å². The Morgan fingerprint density at radius 2 is 1.90 bits per heavy atom. The largest absolute Gasteiger partial charge is 0.350 e. The third-order valence-electron chi connectivity index (χ3n) is 2.98. The van der Waals surface area contributed by atoms with Gasteiger partial charge >= 0.3 is 0 Å². The molecule has 2 rings (SSSR count). The summed E-state index contributed by atoms with van der Waals surface area (Å²) in [5, 5.41) is 6.36. The standard InChI is InChI=1S/C15H17N3O3/c1-10-4-6-11(7-5-10)12-8-13(21-17-12)15(20)16-9-14(19)18(2)3/h4-8H,9H2,1-3H3,(H,16,20). The van der Waals surface area contributed by atoms with Gasteiger partial charge in [-0.2, -0.15) is 0 Å². The molecule has 0 aliphatic heterocycles. The smallest absolute Gasteiger partial charge is 0.290 e. The summed E-state index contributed by atoms with van der Waals surface area (Å²) in [5.41, 5.74) is 2.59. The first kappa shape index (κ1) is 14.8. The zero-order valence-electron chi connectivity index (χ0n) is 12.2. The molecule has 0 unspecified atom stereocenters. The van der Waals surface area contributed by atoms with Crippen LogP contribution in [0.25, 0.3) is 11.3 Å². The van der Waals surface area contributed by atoms with E-state index in [-0.39, 0.29) is 18.2 Å². The van der Waals surface area contributed by atoms with Crippen molar-refractivity contribution in [1.82, 2.24) is 15.4 Å².